The molecule has 0 spiro atoms. The first-order valence-electron chi connectivity index (χ1n) is 32.3. The third kappa shape index (κ3) is 58.5. The van der Waals surface area contributed by atoms with Crippen molar-refractivity contribution >= 4 is 59.3 Å². The number of aliphatic carboxylic acids is 2. The van der Waals surface area contributed by atoms with Gasteiger partial charge in [0, 0.05) is 36.7 Å². The zero-order chi connectivity index (χ0) is 58.9. The van der Waals surface area contributed by atoms with Gasteiger partial charge in [0.2, 0.25) is 23.6 Å². The number of carbonyl (C=O) groups excluding carboxylic acids is 8. The average molecular weight is 1200 g/mol. The van der Waals surface area contributed by atoms with Crippen molar-refractivity contribution in [3.8, 4) is 0 Å². The Bertz CT molecular complexity index is 1600. The zero-order valence-corrected chi connectivity index (χ0v) is 57.5. The summed E-state index contributed by atoms with van der Waals surface area (Å²) in [4.78, 5) is 100. The minimum atomic E-state index is -1.70. The van der Waals surface area contributed by atoms with Crippen LogP contribution in [0.2, 0.25) is 0 Å². The van der Waals surface area contributed by atoms with E-state index in [1.165, 1.54) is 185 Å². The number of hydrogen-bond donors (Lipinski definition) is 4. The zero-order valence-electron chi connectivity index (χ0n) is 52.7. The standard InChI is InChI=1S/C63H116N4O12S.2Na/c1-4-7-10-13-16-19-22-25-28-31-34-37-40-43-56(68)67-55(62(75)65-48-57(69)64-49-58(70)66-54(63(76)77)46-47-59(71)72)52-80-51-53(79-61(74)45-42-39-36-33-30-27-24-21-18-15-12-9-6-3)50-78-60(73)44-41-38-35-32-29-26-23-20-17-14-11-8-5-2;;/h53-55H,4-52H2,1-3H3,(H,64,69)(H,65,75)(H,66,70)(H,67,68)(H,71,72)(H,76,77);;/q;2*+1/p-2/t53-,54+,55+;;/m1../s1. The molecule has 0 rings (SSSR count). The third-order valence-corrected chi connectivity index (χ3v) is 15.7. The SMILES string of the molecule is CCCCCCCCCCCCCCCC(=O)N[C@@H](CSC[C@@H](COC(=O)CCCCCCCCCCCCCCC)OC(=O)CCCCCCCCCCCCCCC)C(=O)NCC(=O)NCC(=O)N[C@@H](CCC(=O)[O-])C(=O)[O-].[Na+].[Na+]. The van der Waals surface area contributed by atoms with Crippen molar-refractivity contribution in [2.24, 2.45) is 0 Å². The minimum Gasteiger partial charge on any atom is -0.550 e. The van der Waals surface area contributed by atoms with E-state index in [4.69, 9.17) is 9.47 Å². The first kappa shape index (κ1) is 84.3. The Hall–Kier alpha value is -1.89. The molecule has 0 saturated carbocycles. The number of carboxylic acid groups (broad SMARTS) is 2. The molecule has 19 heteroatoms. The summed E-state index contributed by atoms with van der Waals surface area (Å²) in [6, 6.07) is -2.72. The number of rotatable bonds is 60. The van der Waals surface area contributed by atoms with Crippen molar-refractivity contribution in [1.82, 2.24) is 21.3 Å². The Morgan fingerprint density at radius 3 is 1.13 bits per heavy atom. The van der Waals surface area contributed by atoms with Crippen LogP contribution in [0.4, 0.5) is 0 Å². The second-order valence-electron chi connectivity index (χ2n) is 22.3. The molecule has 0 unspecified atom stereocenters. The summed E-state index contributed by atoms with van der Waals surface area (Å²) in [7, 11) is 0. The fourth-order valence-electron chi connectivity index (χ4n) is 9.55. The van der Waals surface area contributed by atoms with E-state index in [1.807, 2.05) is 0 Å². The molecule has 0 aliphatic carbocycles. The molecule has 466 valence electrons. The quantitative estimate of drug-likeness (QED) is 0.0352. The van der Waals surface area contributed by atoms with Crippen molar-refractivity contribution in [1.29, 1.82) is 0 Å². The maximum atomic E-state index is 13.6. The molecule has 0 heterocycles. The van der Waals surface area contributed by atoms with Gasteiger partial charge in [-0.05, 0) is 32.1 Å². The van der Waals surface area contributed by atoms with Crippen LogP contribution in [0.5, 0.6) is 0 Å². The normalized spacial score (nSPS) is 12.0. The summed E-state index contributed by atoms with van der Waals surface area (Å²) >= 11 is 1.24. The van der Waals surface area contributed by atoms with Crippen molar-refractivity contribution < 1.29 is 117 Å². The monoisotopic (exact) mass is 1200 g/mol. The van der Waals surface area contributed by atoms with Gasteiger partial charge in [-0.1, -0.05) is 252 Å². The fourth-order valence-corrected chi connectivity index (χ4v) is 10.6. The van der Waals surface area contributed by atoms with E-state index in [-0.39, 0.29) is 114 Å². The number of carbonyl (C=O) groups is 8. The van der Waals surface area contributed by atoms with E-state index < -0.39 is 73.8 Å². The molecule has 16 nitrogen and oxygen atoms in total. The molecule has 0 fully saturated rings. The maximum absolute atomic E-state index is 13.6. The molecule has 0 aliphatic heterocycles. The number of carboxylic acids is 2. The molecular formula is C63H114N4Na2O12S. The van der Waals surface area contributed by atoms with Crippen LogP contribution in [0.25, 0.3) is 0 Å². The van der Waals surface area contributed by atoms with Crippen LogP contribution in [0.3, 0.4) is 0 Å². The van der Waals surface area contributed by atoms with Crippen LogP contribution in [-0.4, -0.2) is 96.9 Å². The summed E-state index contributed by atoms with van der Waals surface area (Å²) in [5, 5.41) is 31.8. The van der Waals surface area contributed by atoms with Crippen molar-refractivity contribution in [3.05, 3.63) is 0 Å². The Labute approximate surface area is 546 Å². The summed E-state index contributed by atoms with van der Waals surface area (Å²) in [5.74, 6) is -6.46. The molecular weight excluding hydrogens is 1080 g/mol. The van der Waals surface area contributed by atoms with E-state index in [2.05, 4.69) is 42.0 Å². The topological polar surface area (TPSA) is 249 Å². The summed E-state index contributed by atoms with van der Waals surface area (Å²) in [5.41, 5.74) is 0. The van der Waals surface area contributed by atoms with Gasteiger partial charge < -0.3 is 50.5 Å². The van der Waals surface area contributed by atoms with Crippen LogP contribution in [-0.2, 0) is 47.8 Å². The van der Waals surface area contributed by atoms with Crippen LogP contribution in [0.1, 0.15) is 303 Å². The second-order valence-corrected chi connectivity index (χ2v) is 23.3. The fraction of sp³-hybridized carbons (Fsp3) is 0.873. The predicted molar refractivity (Wildman–Crippen MR) is 318 cm³/mol. The van der Waals surface area contributed by atoms with Gasteiger partial charge in [-0.3, -0.25) is 28.8 Å². The van der Waals surface area contributed by atoms with Crippen LogP contribution >= 0.6 is 11.8 Å². The van der Waals surface area contributed by atoms with Gasteiger partial charge in [0.15, 0.2) is 0 Å². The minimum absolute atomic E-state index is 0. The smallest absolute Gasteiger partial charge is 0.550 e. The number of hydrogen-bond acceptors (Lipinski definition) is 13. The molecule has 0 aromatic carbocycles. The predicted octanol–water partition coefficient (Wildman–Crippen LogP) is 5.11. The Balaban J connectivity index is -0.0000312. The van der Waals surface area contributed by atoms with Gasteiger partial charge in [0.25, 0.3) is 0 Å². The largest absolute Gasteiger partial charge is 1.00 e. The number of esters is 2. The maximum Gasteiger partial charge on any atom is 1.00 e. The Kier molecular flexibility index (Phi) is 65.4. The third-order valence-electron chi connectivity index (χ3n) is 14.6. The molecule has 0 radical (unpaired) electrons. The molecule has 4 N–H and O–H groups in total. The molecule has 0 bridgehead atoms. The average Bonchev–Trinajstić information content (AvgIpc) is 3.43. The number of nitrogens with one attached hydrogen (secondary N) is 4. The summed E-state index contributed by atoms with van der Waals surface area (Å²) in [6.45, 7) is 5.31. The molecule has 0 aliphatic rings. The van der Waals surface area contributed by atoms with E-state index in [0.717, 1.165) is 57.8 Å². The second kappa shape index (κ2) is 63.6. The number of unbranched alkanes of at least 4 members (excludes halogenated alkanes) is 36. The van der Waals surface area contributed by atoms with Gasteiger partial charge in [0.05, 0.1) is 25.1 Å². The van der Waals surface area contributed by atoms with Gasteiger partial charge >= 0.3 is 71.1 Å². The van der Waals surface area contributed by atoms with Gasteiger partial charge in [0.1, 0.15) is 18.8 Å². The van der Waals surface area contributed by atoms with Crippen molar-refractivity contribution in [3.63, 3.8) is 0 Å². The van der Waals surface area contributed by atoms with Crippen molar-refractivity contribution in [2.45, 2.75) is 321 Å². The number of ether oxygens (including phenoxy) is 2. The molecule has 82 heavy (non-hydrogen) atoms. The summed E-state index contributed by atoms with van der Waals surface area (Å²) < 4.78 is 11.6. The van der Waals surface area contributed by atoms with Crippen molar-refractivity contribution in [2.75, 3.05) is 31.2 Å². The molecule has 0 aromatic heterocycles. The van der Waals surface area contributed by atoms with E-state index in [1.54, 1.807) is 0 Å². The Morgan fingerprint density at radius 1 is 0.390 bits per heavy atom. The molecule has 0 aromatic rings. The summed E-state index contributed by atoms with van der Waals surface area (Å²) in [6.07, 6.45) is 44.7. The first-order chi connectivity index (χ1) is 38.8. The molecule has 3 atom stereocenters. The number of thioether (sulfide) groups is 1. The van der Waals surface area contributed by atoms with Gasteiger partial charge in [-0.2, -0.15) is 11.8 Å². The van der Waals surface area contributed by atoms with E-state index in [9.17, 15) is 48.6 Å². The van der Waals surface area contributed by atoms with Crippen LogP contribution < -0.4 is 90.6 Å². The van der Waals surface area contributed by atoms with E-state index >= 15 is 0 Å². The number of amides is 4. The Morgan fingerprint density at radius 2 is 0.744 bits per heavy atom. The molecule has 0 saturated heterocycles. The van der Waals surface area contributed by atoms with Crippen LogP contribution in [0.15, 0.2) is 0 Å². The van der Waals surface area contributed by atoms with Gasteiger partial charge in [-0.15, -0.1) is 0 Å². The first-order valence-corrected chi connectivity index (χ1v) is 33.4. The van der Waals surface area contributed by atoms with Gasteiger partial charge in [-0.25, -0.2) is 0 Å². The molecule has 4 amide bonds. The van der Waals surface area contributed by atoms with E-state index in [0.29, 0.717) is 19.3 Å². The van der Waals surface area contributed by atoms with Crippen LogP contribution in [0, 0.1) is 0 Å².